The number of anilines is 1. The third-order valence-corrected chi connectivity index (χ3v) is 5.48. The number of nitrogens with zero attached hydrogens (tertiary/aromatic N) is 1. The quantitative estimate of drug-likeness (QED) is 0.811. The zero-order chi connectivity index (χ0) is 20.2. The number of ether oxygens (including phenoxy) is 2. The summed E-state index contributed by atoms with van der Waals surface area (Å²) in [6.45, 7) is 3.36. The normalized spacial score (nSPS) is 18.2. The maximum Gasteiger partial charge on any atom is 0.261 e. The van der Waals surface area contributed by atoms with E-state index in [-0.39, 0.29) is 24.5 Å². The smallest absolute Gasteiger partial charge is 0.261 e. The monoisotopic (exact) mass is 394 g/mol. The Morgan fingerprint density at radius 2 is 1.90 bits per heavy atom. The second kappa shape index (κ2) is 8.55. The van der Waals surface area contributed by atoms with Crippen molar-refractivity contribution in [3.05, 3.63) is 53.6 Å². The zero-order valence-corrected chi connectivity index (χ0v) is 16.6. The Kier molecular flexibility index (Phi) is 5.69. The molecule has 1 saturated heterocycles. The van der Waals surface area contributed by atoms with Crippen molar-refractivity contribution in [1.29, 1.82) is 0 Å². The summed E-state index contributed by atoms with van der Waals surface area (Å²) in [5.74, 6) is 1.53. The highest BCUT2D eigenvalue weighted by Gasteiger charge is 2.30. The lowest BCUT2D eigenvalue weighted by atomic mass is 10.0. The van der Waals surface area contributed by atoms with E-state index in [0.29, 0.717) is 25.2 Å². The highest BCUT2D eigenvalue weighted by Crippen LogP contribution is 2.33. The fourth-order valence-corrected chi connectivity index (χ4v) is 4.04. The topological polar surface area (TPSA) is 67.9 Å². The molecule has 0 bridgehead atoms. The summed E-state index contributed by atoms with van der Waals surface area (Å²) in [4.78, 5) is 26.2. The van der Waals surface area contributed by atoms with Gasteiger partial charge >= 0.3 is 0 Å². The van der Waals surface area contributed by atoms with Gasteiger partial charge in [-0.05, 0) is 67.6 Å². The van der Waals surface area contributed by atoms with E-state index in [1.807, 2.05) is 48.2 Å². The van der Waals surface area contributed by atoms with Crippen molar-refractivity contribution in [2.45, 2.75) is 38.6 Å². The van der Waals surface area contributed by atoms with Crippen LogP contribution in [0.5, 0.6) is 11.5 Å². The van der Waals surface area contributed by atoms with Gasteiger partial charge in [0.15, 0.2) is 6.61 Å². The first kappa shape index (κ1) is 19.3. The van der Waals surface area contributed by atoms with Gasteiger partial charge in [0, 0.05) is 18.7 Å². The van der Waals surface area contributed by atoms with Gasteiger partial charge in [-0.15, -0.1) is 0 Å². The standard InChI is InChI=1S/C23H26N2O4/c1-2-28-18-8-5-16(6-9-18)21-4-3-13-25(21)23(27)15-29-19-10-11-20-17(14-19)7-12-22(26)24-20/h5-6,8-11,14,21H,2-4,7,12-13,15H2,1H3,(H,24,26)/t21-/m0/s1. The van der Waals surface area contributed by atoms with Crippen molar-refractivity contribution in [1.82, 2.24) is 4.90 Å². The molecule has 0 radical (unpaired) electrons. The first-order valence-electron chi connectivity index (χ1n) is 10.2. The second-order valence-electron chi connectivity index (χ2n) is 7.40. The van der Waals surface area contributed by atoms with Crippen LogP contribution in [0.2, 0.25) is 0 Å². The predicted octanol–water partition coefficient (Wildman–Crippen LogP) is 3.71. The van der Waals surface area contributed by atoms with Crippen LogP contribution in [0.15, 0.2) is 42.5 Å². The molecule has 4 rings (SSSR count). The summed E-state index contributed by atoms with van der Waals surface area (Å²) in [5, 5.41) is 2.85. The van der Waals surface area contributed by atoms with Gasteiger partial charge in [0.2, 0.25) is 5.91 Å². The number of likely N-dealkylation sites (tertiary alicyclic amines) is 1. The lowest BCUT2D eigenvalue weighted by Crippen LogP contribution is -2.34. The summed E-state index contributed by atoms with van der Waals surface area (Å²) in [6.07, 6.45) is 3.12. The Balaban J connectivity index is 1.38. The van der Waals surface area contributed by atoms with Crippen molar-refractivity contribution in [2.24, 2.45) is 0 Å². The number of amides is 2. The Hall–Kier alpha value is -3.02. The number of fused-ring (bicyclic) bond motifs is 1. The molecule has 0 aromatic heterocycles. The maximum atomic E-state index is 12.8. The van der Waals surface area contributed by atoms with Crippen LogP contribution in [-0.2, 0) is 16.0 Å². The van der Waals surface area contributed by atoms with Crippen LogP contribution < -0.4 is 14.8 Å². The average Bonchev–Trinajstić information content (AvgIpc) is 3.23. The van der Waals surface area contributed by atoms with Gasteiger partial charge in [0.1, 0.15) is 11.5 Å². The van der Waals surface area contributed by atoms with Crippen LogP contribution in [-0.4, -0.2) is 36.5 Å². The minimum Gasteiger partial charge on any atom is -0.494 e. The summed E-state index contributed by atoms with van der Waals surface area (Å²) >= 11 is 0. The van der Waals surface area contributed by atoms with E-state index in [1.165, 1.54) is 0 Å². The summed E-state index contributed by atoms with van der Waals surface area (Å²) in [7, 11) is 0. The molecule has 6 nitrogen and oxygen atoms in total. The molecule has 6 heteroatoms. The molecular weight excluding hydrogens is 368 g/mol. The average molecular weight is 394 g/mol. The van der Waals surface area contributed by atoms with Gasteiger partial charge in [0.25, 0.3) is 5.91 Å². The molecule has 2 aromatic carbocycles. The van der Waals surface area contributed by atoms with Gasteiger partial charge in [0.05, 0.1) is 12.6 Å². The molecular formula is C23H26N2O4. The van der Waals surface area contributed by atoms with E-state index < -0.39 is 0 Å². The lowest BCUT2D eigenvalue weighted by molar-refractivity contribution is -0.134. The van der Waals surface area contributed by atoms with Crippen LogP contribution in [0.3, 0.4) is 0 Å². The third kappa shape index (κ3) is 4.36. The molecule has 1 fully saturated rings. The predicted molar refractivity (Wildman–Crippen MR) is 110 cm³/mol. The fraction of sp³-hybridized carbons (Fsp3) is 0.391. The van der Waals surface area contributed by atoms with E-state index >= 15 is 0 Å². The molecule has 152 valence electrons. The van der Waals surface area contributed by atoms with E-state index in [4.69, 9.17) is 9.47 Å². The minimum atomic E-state index is -0.00703. The first-order valence-corrected chi connectivity index (χ1v) is 10.2. The Bertz CT molecular complexity index is 894. The molecule has 1 atom stereocenters. The molecule has 2 aliphatic rings. The van der Waals surface area contributed by atoms with Crippen LogP contribution >= 0.6 is 0 Å². The van der Waals surface area contributed by atoms with Crippen LogP contribution in [0, 0.1) is 0 Å². The summed E-state index contributed by atoms with van der Waals surface area (Å²) in [5.41, 5.74) is 3.00. The van der Waals surface area contributed by atoms with E-state index in [9.17, 15) is 9.59 Å². The van der Waals surface area contributed by atoms with Crippen molar-refractivity contribution in [3.63, 3.8) is 0 Å². The van der Waals surface area contributed by atoms with Crippen molar-refractivity contribution in [3.8, 4) is 11.5 Å². The molecule has 0 unspecified atom stereocenters. The van der Waals surface area contributed by atoms with E-state index in [1.54, 1.807) is 6.07 Å². The number of benzene rings is 2. The summed E-state index contributed by atoms with van der Waals surface area (Å²) < 4.78 is 11.3. The van der Waals surface area contributed by atoms with E-state index in [0.717, 1.165) is 42.0 Å². The molecule has 2 aromatic rings. The van der Waals surface area contributed by atoms with Crippen LogP contribution in [0.1, 0.15) is 43.4 Å². The van der Waals surface area contributed by atoms with Crippen LogP contribution in [0.4, 0.5) is 5.69 Å². The van der Waals surface area contributed by atoms with E-state index in [2.05, 4.69) is 5.32 Å². The minimum absolute atomic E-state index is 0.00703. The van der Waals surface area contributed by atoms with Crippen molar-refractivity contribution in [2.75, 3.05) is 25.1 Å². The molecule has 29 heavy (non-hydrogen) atoms. The maximum absolute atomic E-state index is 12.8. The zero-order valence-electron chi connectivity index (χ0n) is 16.6. The highest BCUT2D eigenvalue weighted by atomic mass is 16.5. The number of carbonyl (C=O) groups excluding carboxylic acids is 2. The number of nitrogens with one attached hydrogen (secondary N) is 1. The highest BCUT2D eigenvalue weighted by molar-refractivity contribution is 5.94. The largest absolute Gasteiger partial charge is 0.494 e. The number of aryl methyl sites for hydroxylation is 1. The van der Waals surface area contributed by atoms with Crippen molar-refractivity contribution >= 4 is 17.5 Å². The number of rotatable bonds is 6. The molecule has 0 saturated carbocycles. The van der Waals surface area contributed by atoms with Gasteiger partial charge < -0.3 is 19.7 Å². The molecule has 2 amide bonds. The molecule has 0 spiro atoms. The van der Waals surface area contributed by atoms with Gasteiger partial charge in [-0.25, -0.2) is 0 Å². The molecule has 2 aliphatic heterocycles. The lowest BCUT2D eigenvalue weighted by Gasteiger charge is -2.25. The first-order chi connectivity index (χ1) is 14.1. The number of carbonyl (C=O) groups is 2. The number of hydrogen-bond donors (Lipinski definition) is 1. The SMILES string of the molecule is CCOc1ccc([C@@H]2CCCN2C(=O)COc2ccc3c(c2)CCC(=O)N3)cc1. The van der Waals surface area contributed by atoms with Gasteiger partial charge in [-0.1, -0.05) is 12.1 Å². The Morgan fingerprint density at radius 1 is 1.10 bits per heavy atom. The Morgan fingerprint density at radius 3 is 2.69 bits per heavy atom. The molecule has 0 aliphatic carbocycles. The van der Waals surface area contributed by atoms with Crippen LogP contribution in [0.25, 0.3) is 0 Å². The van der Waals surface area contributed by atoms with Crippen molar-refractivity contribution < 1.29 is 19.1 Å². The molecule has 1 N–H and O–H groups in total. The van der Waals surface area contributed by atoms with Gasteiger partial charge in [-0.2, -0.15) is 0 Å². The molecule has 2 heterocycles. The second-order valence-corrected chi connectivity index (χ2v) is 7.40. The number of hydrogen-bond acceptors (Lipinski definition) is 4. The Labute approximate surface area is 170 Å². The third-order valence-electron chi connectivity index (χ3n) is 5.48. The fourth-order valence-electron chi connectivity index (χ4n) is 4.04. The summed E-state index contributed by atoms with van der Waals surface area (Å²) in [6, 6.07) is 13.6. The van der Waals surface area contributed by atoms with Gasteiger partial charge in [-0.3, -0.25) is 9.59 Å².